The van der Waals surface area contributed by atoms with Crippen molar-refractivity contribution in [3.05, 3.63) is 78.0 Å². The van der Waals surface area contributed by atoms with Crippen molar-refractivity contribution in [3.63, 3.8) is 0 Å². The van der Waals surface area contributed by atoms with Gasteiger partial charge in [-0.05, 0) is 11.1 Å². The van der Waals surface area contributed by atoms with Crippen LogP contribution in [0.15, 0.2) is 66.9 Å². The first-order valence-corrected chi connectivity index (χ1v) is 6.62. The smallest absolute Gasteiger partial charge is 0.145 e. The molecule has 0 fully saturated rings. The average Bonchev–Trinajstić information content (AvgIpc) is 2.94. The number of nitrogens with one attached hydrogen (secondary N) is 1. The summed E-state index contributed by atoms with van der Waals surface area (Å²) in [5, 5.41) is 11.5. The van der Waals surface area contributed by atoms with Crippen molar-refractivity contribution in [2.75, 3.05) is 5.32 Å². The molecule has 0 spiro atoms. The number of rotatable bonds is 5. The summed E-state index contributed by atoms with van der Waals surface area (Å²) in [6, 6.07) is 20.5. The molecule has 1 aromatic heterocycles. The van der Waals surface area contributed by atoms with Crippen molar-refractivity contribution >= 4 is 5.82 Å². The minimum atomic E-state index is 0.720. The van der Waals surface area contributed by atoms with Gasteiger partial charge in [-0.3, -0.25) is 0 Å². The van der Waals surface area contributed by atoms with E-state index < -0.39 is 0 Å². The summed E-state index contributed by atoms with van der Waals surface area (Å²) in [5.74, 6) is 0.928. The maximum Gasteiger partial charge on any atom is 0.145 e. The van der Waals surface area contributed by atoms with Crippen LogP contribution in [0.4, 0.5) is 5.82 Å². The third-order valence-corrected chi connectivity index (χ3v) is 3.11. The summed E-state index contributed by atoms with van der Waals surface area (Å²) >= 11 is 0. The summed E-state index contributed by atoms with van der Waals surface area (Å²) in [6.45, 7) is 1.49. The Hall–Kier alpha value is -2.62. The Labute approximate surface area is 118 Å². The molecule has 0 saturated heterocycles. The molecule has 2 aromatic carbocycles. The van der Waals surface area contributed by atoms with Gasteiger partial charge in [-0.1, -0.05) is 65.9 Å². The van der Waals surface area contributed by atoms with Crippen LogP contribution in [0.5, 0.6) is 0 Å². The minimum absolute atomic E-state index is 0.720. The van der Waals surface area contributed by atoms with Crippen LogP contribution in [0.1, 0.15) is 11.1 Å². The second-order valence-corrected chi connectivity index (χ2v) is 4.60. The van der Waals surface area contributed by atoms with E-state index in [0.717, 1.165) is 18.9 Å². The van der Waals surface area contributed by atoms with E-state index in [1.165, 1.54) is 11.1 Å². The quantitative estimate of drug-likeness (QED) is 0.770. The van der Waals surface area contributed by atoms with Gasteiger partial charge in [-0.15, -0.1) is 5.10 Å². The molecule has 100 valence electrons. The predicted octanol–water partition coefficient (Wildman–Crippen LogP) is 2.94. The van der Waals surface area contributed by atoms with Crippen LogP contribution in [-0.2, 0) is 13.1 Å². The number of benzene rings is 2. The Bertz CT molecular complexity index is 647. The second-order valence-electron chi connectivity index (χ2n) is 4.60. The highest BCUT2D eigenvalue weighted by atomic mass is 15.4. The highest BCUT2D eigenvalue weighted by molar-refractivity contribution is 5.34. The fraction of sp³-hybridized carbons (Fsp3) is 0.125. The van der Waals surface area contributed by atoms with Gasteiger partial charge in [-0.25, -0.2) is 4.68 Å². The van der Waals surface area contributed by atoms with Gasteiger partial charge in [-0.2, -0.15) is 0 Å². The van der Waals surface area contributed by atoms with Gasteiger partial charge in [0.05, 0.1) is 12.7 Å². The summed E-state index contributed by atoms with van der Waals surface area (Å²) in [7, 11) is 0. The Morgan fingerprint density at radius 2 is 1.50 bits per heavy atom. The molecule has 3 rings (SSSR count). The molecule has 0 aliphatic heterocycles. The zero-order valence-electron chi connectivity index (χ0n) is 11.1. The molecule has 0 aliphatic carbocycles. The molecule has 1 heterocycles. The second kappa shape index (κ2) is 6.02. The Morgan fingerprint density at radius 1 is 0.850 bits per heavy atom. The van der Waals surface area contributed by atoms with E-state index in [0.29, 0.717) is 0 Å². The SMILES string of the molecule is c1ccc(CNc2cnnn2Cc2ccccc2)cc1. The molecular formula is C16H16N4. The molecule has 0 atom stereocenters. The van der Waals surface area contributed by atoms with E-state index in [-0.39, 0.29) is 0 Å². The summed E-state index contributed by atoms with van der Waals surface area (Å²) in [5.41, 5.74) is 2.45. The first-order chi connectivity index (χ1) is 9.92. The highest BCUT2D eigenvalue weighted by Crippen LogP contribution is 2.10. The summed E-state index contributed by atoms with van der Waals surface area (Å²) < 4.78 is 1.87. The molecule has 0 aliphatic rings. The van der Waals surface area contributed by atoms with E-state index in [1.54, 1.807) is 6.20 Å². The highest BCUT2D eigenvalue weighted by Gasteiger charge is 2.04. The average molecular weight is 264 g/mol. The molecule has 20 heavy (non-hydrogen) atoms. The molecule has 0 amide bonds. The molecule has 0 saturated carbocycles. The molecule has 1 N–H and O–H groups in total. The first-order valence-electron chi connectivity index (χ1n) is 6.62. The first kappa shape index (κ1) is 12.4. The van der Waals surface area contributed by atoms with Gasteiger partial charge in [0.15, 0.2) is 0 Å². The fourth-order valence-corrected chi connectivity index (χ4v) is 2.06. The molecule has 0 unspecified atom stereocenters. The van der Waals surface area contributed by atoms with Gasteiger partial charge in [0.1, 0.15) is 5.82 Å². The third kappa shape index (κ3) is 3.03. The third-order valence-electron chi connectivity index (χ3n) is 3.11. The molecule has 0 bridgehead atoms. The number of aromatic nitrogens is 3. The number of nitrogens with zero attached hydrogens (tertiary/aromatic N) is 3. The predicted molar refractivity (Wildman–Crippen MR) is 79.3 cm³/mol. The topological polar surface area (TPSA) is 42.7 Å². The lowest BCUT2D eigenvalue weighted by Gasteiger charge is -2.08. The molecule has 4 heteroatoms. The van der Waals surface area contributed by atoms with Crippen molar-refractivity contribution < 1.29 is 0 Å². The molecular weight excluding hydrogens is 248 g/mol. The lowest BCUT2D eigenvalue weighted by molar-refractivity contribution is 0.653. The van der Waals surface area contributed by atoms with Crippen LogP contribution >= 0.6 is 0 Å². The van der Waals surface area contributed by atoms with E-state index in [2.05, 4.69) is 39.9 Å². The van der Waals surface area contributed by atoms with Crippen molar-refractivity contribution in [1.82, 2.24) is 15.0 Å². The number of hydrogen-bond donors (Lipinski definition) is 1. The van der Waals surface area contributed by atoms with Crippen LogP contribution in [0.25, 0.3) is 0 Å². The standard InChI is InChI=1S/C16H16N4/c1-3-7-14(8-4-1)11-17-16-12-18-19-20(16)13-15-9-5-2-6-10-15/h1-10,12,17H,11,13H2. The molecule has 4 nitrogen and oxygen atoms in total. The van der Waals surface area contributed by atoms with Gasteiger partial charge >= 0.3 is 0 Å². The zero-order valence-corrected chi connectivity index (χ0v) is 11.1. The van der Waals surface area contributed by atoms with Gasteiger partial charge in [0.25, 0.3) is 0 Å². The van der Waals surface area contributed by atoms with Crippen LogP contribution in [0.3, 0.4) is 0 Å². The van der Waals surface area contributed by atoms with Crippen molar-refractivity contribution in [3.8, 4) is 0 Å². The van der Waals surface area contributed by atoms with Crippen molar-refractivity contribution in [2.45, 2.75) is 13.1 Å². The Kier molecular flexibility index (Phi) is 3.73. The number of hydrogen-bond acceptors (Lipinski definition) is 3. The van der Waals surface area contributed by atoms with E-state index in [4.69, 9.17) is 0 Å². The maximum atomic E-state index is 4.13. The van der Waals surface area contributed by atoms with Crippen LogP contribution in [0.2, 0.25) is 0 Å². The monoisotopic (exact) mass is 264 g/mol. The number of anilines is 1. The minimum Gasteiger partial charge on any atom is -0.365 e. The van der Waals surface area contributed by atoms with Gasteiger partial charge < -0.3 is 5.32 Å². The van der Waals surface area contributed by atoms with E-state index in [9.17, 15) is 0 Å². The lowest BCUT2D eigenvalue weighted by Crippen LogP contribution is -2.09. The maximum absolute atomic E-state index is 4.13. The lowest BCUT2D eigenvalue weighted by atomic mass is 10.2. The molecule has 0 radical (unpaired) electrons. The van der Waals surface area contributed by atoms with Gasteiger partial charge in [0, 0.05) is 6.54 Å². The Morgan fingerprint density at radius 3 is 2.20 bits per heavy atom. The van der Waals surface area contributed by atoms with Crippen LogP contribution in [0, 0.1) is 0 Å². The van der Waals surface area contributed by atoms with E-state index in [1.807, 2.05) is 41.1 Å². The van der Waals surface area contributed by atoms with Crippen LogP contribution in [-0.4, -0.2) is 15.0 Å². The Balaban J connectivity index is 1.68. The normalized spacial score (nSPS) is 10.4. The van der Waals surface area contributed by atoms with Crippen molar-refractivity contribution in [2.24, 2.45) is 0 Å². The summed E-state index contributed by atoms with van der Waals surface area (Å²) in [6.07, 6.45) is 1.76. The largest absolute Gasteiger partial charge is 0.365 e. The van der Waals surface area contributed by atoms with Crippen LogP contribution < -0.4 is 5.32 Å². The zero-order chi connectivity index (χ0) is 13.6. The molecule has 3 aromatic rings. The van der Waals surface area contributed by atoms with E-state index >= 15 is 0 Å². The fourth-order valence-electron chi connectivity index (χ4n) is 2.06. The van der Waals surface area contributed by atoms with Gasteiger partial charge in [0.2, 0.25) is 0 Å². The summed E-state index contributed by atoms with van der Waals surface area (Å²) in [4.78, 5) is 0. The van der Waals surface area contributed by atoms with Crippen molar-refractivity contribution in [1.29, 1.82) is 0 Å².